The number of hydrogen-bond donors (Lipinski definition) is 2. The third kappa shape index (κ3) is 8.43. The second kappa shape index (κ2) is 9.97. The Kier molecular flexibility index (Phi) is 9.59. The Bertz CT molecular complexity index is 157. The van der Waals surface area contributed by atoms with Crippen LogP contribution in [0.3, 0.4) is 0 Å². The maximum absolute atomic E-state index is 10.9. The summed E-state index contributed by atoms with van der Waals surface area (Å²) in [4.78, 5) is 10.9. The van der Waals surface area contributed by atoms with Crippen LogP contribution in [0.2, 0.25) is 0 Å². The molecule has 1 unspecified atom stereocenters. The molecule has 0 radical (unpaired) electrons. The number of carboxylic acids is 1. The highest BCUT2D eigenvalue weighted by atomic mass is 16.4. The molecule has 0 spiro atoms. The average molecular weight is 216 g/mol. The van der Waals surface area contributed by atoms with Gasteiger partial charge in [-0.1, -0.05) is 39.0 Å². The van der Waals surface area contributed by atoms with Gasteiger partial charge in [0.1, 0.15) is 0 Å². The number of unbranched alkanes of at least 4 members (excludes halogenated alkanes) is 4. The topological polar surface area (TPSA) is 57.5 Å². The standard InChI is InChI=1S/C12H24O3/c1-2-3-4-5-8-11(12(14)15)9-6-7-10-13/h11,13H,2-10H2,1H3,(H,14,15). The predicted molar refractivity (Wildman–Crippen MR) is 60.8 cm³/mol. The summed E-state index contributed by atoms with van der Waals surface area (Å²) in [5.74, 6) is -0.877. The lowest BCUT2D eigenvalue weighted by molar-refractivity contribution is -0.142. The molecule has 0 aromatic carbocycles. The van der Waals surface area contributed by atoms with E-state index in [2.05, 4.69) is 6.92 Å². The van der Waals surface area contributed by atoms with Gasteiger partial charge in [-0.05, 0) is 19.3 Å². The number of aliphatic hydroxyl groups is 1. The Hall–Kier alpha value is -0.570. The van der Waals surface area contributed by atoms with Crippen LogP contribution >= 0.6 is 0 Å². The fourth-order valence-electron chi connectivity index (χ4n) is 1.71. The van der Waals surface area contributed by atoms with E-state index in [4.69, 9.17) is 10.2 Å². The lowest BCUT2D eigenvalue weighted by Crippen LogP contribution is -2.13. The number of carboxylic acid groups (broad SMARTS) is 1. The van der Waals surface area contributed by atoms with Gasteiger partial charge in [0, 0.05) is 6.61 Å². The van der Waals surface area contributed by atoms with E-state index in [1.165, 1.54) is 12.8 Å². The van der Waals surface area contributed by atoms with Crippen LogP contribution in [0.1, 0.15) is 58.3 Å². The van der Waals surface area contributed by atoms with Gasteiger partial charge in [-0.25, -0.2) is 0 Å². The molecule has 0 rings (SSSR count). The van der Waals surface area contributed by atoms with Crippen LogP contribution in [0.4, 0.5) is 0 Å². The van der Waals surface area contributed by atoms with E-state index < -0.39 is 5.97 Å². The molecule has 2 N–H and O–H groups in total. The minimum Gasteiger partial charge on any atom is -0.481 e. The summed E-state index contributed by atoms with van der Waals surface area (Å²) in [6.07, 6.45) is 7.58. The maximum Gasteiger partial charge on any atom is 0.306 e. The predicted octanol–water partition coefficient (Wildman–Crippen LogP) is 2.82. The molecule has 1 atom stereocenters. The summed E-state index contributed by atoms with van der Waals surface area (Å²) in [5.41, 5.74) is 0. The van der Waals surface area contributed by atoms with Crippen molar-refractivity contribution in [3.8, 4) is 0 Å². The second-order valence-electron chi connectivity index (χ2n) is 4.10. The zero-order chi connectivity index (χ0) is 11.5. The summed E-state index contributed by atoms with van der Waals surface area (Å²) in [6, 6.07) is 0. The molecule has 0 heterocycles. The van der Waals surface area contributed by atoms with Gasteiger partial charge in [-0.3, -0.25) is 4.79 Å². The molecule has 3 nitrogen and oxygen atoms in total. The van der Waals surface area contributed by atoms with Gasteiger partial charge in [0.05, 0.1) is 5.92 Å². The Labute approximate surface area is 92.5 Å². The van der Waals surface area contributed by atoms with E-state index >= 15 is 0 Å². The molecule has 0 aliphatic heterocycles. The summed E-state index contributed by atoms with van der Waals surface area (Å²) in [6.45, 7) is 2.32. The van der Waals surface area contributed by atoms with E-state index in [9.17, 15) is 4.79 Å². The third-order valence-electron chi connectivity index (χ3n) is 2.72. The number of carbonyl (C=O) groups is 1. The van der Waals surface area contributed by atoms with Crippen molar-refractivity contribution in [2.45, 2.75) is 58.3 Å². The highest BCUT2D eigenvalue weighted by Gasteiger charge is 2.15. The number of rotatable bonds is 10. The number of aliphatic hydroxyl groups excluding tert-OH is 1. The SMILES string of the molecule is CCCCCCC(CCCCO)C(=O)O. The molecule has 0 saturated heterocycles. The van der Waals surface area contributed by atoms with E-state index in [1.807, 2.05) is 0 Å². The molecule has 0 aliphatic carbocycles. The smallest absolute Gasteiger partial charge is 0.306 e. The lowest BCUT2D eigenvalue weighted by atomic mass is 9.95. The fourth-order valence-corrected chi connectivity index (χ4v) is 1.71. The monoisotopic (exact) mass is 216 g/mol. The third-order valence-corrected chi connectivity index (χ3v) is 2.72. The lowest BCUT2D eigenvalue weighted by Gasteiger charge is -2.11. The average Bonchev–Trinajstić information content (AvgIpc) is 2.21. The van der Waals surface area contributed by atoms with Gasteiger partial charge in [0.2, 0.25) is 0 Å². The molecular formula is C12H24O3. The van der Waals surface area contributed by atoms with Crippen molar-refractivity contribution in [1.29, 1.82) is 0 Å². The van der Waals surface area contributed by atoms with Crippen LogP contribution in [0.25, 0.3) is 0 Å². The van der Waals surface area contributed by atoms with Crippen molar-refractivity contribution in [3.63, 3.8) is 0 Å². The first kappa shape index (κ1) is 14.4. The van der Waals surface area contributed by atoms with Crippen LogP contribution in [0, 0.1) is 5.92 Å². The first-order chi connectivity index (χ1) is 7.22. The molecule has 90 valence electrons. The van der Waals surface area contributed by atoms with Gasteiger partial charge in [0.25, 0.3) is 0 Å². The molecule has 15 heavy (non-hydrogen) atoms. The van der Waals surface area contributed by atoms with Gasteiger partial charge in [-0.15, -0.1) is 0 Å². The molecule has 0 aromatic heterocycles. The summed E-state index contributed by atoms with van der Waals surface area (Å²) < 4.78 is 0. The highest BCUT2D eigenvalue weighted by Crippen LogP contribution is 2.17. The Balaban J connectivity index is 3.59. The van der Waals surface area contributed by atoms with Gasteiger partial charge in [-0.2, -0.15) is 0 Å². The zero-order valence-electron chi connectivity index (χ0n) is 9.74. The van der Waals surface area contributed by atoms with Gasteiger partial charge >= 0.3 is 5.97 Å². The molecule has 3 heteroatoms. The van der Waals surface area contributed by atoms with Crippen molar-refractivity contribution in [1.82, 2.24) is 0 Å². The van der Waals surface area contributed by atoms with Crippen molar-refractivity contribution in [2.75, 3.05) is 6.61 Å². The Morgan fingerprint density at radius 3 is 2.13 bits per heavy atom. The Morgan fingerprint density at radius 1 is 1.07 bits per heavy atom. The zero-order valence-corrected chi connectivity index (χ0v) is 9.74. The number of aliphatic carboxylic acids is 1. The first-order valence-corrected chi connectivity index (χ1v) is 6.06. The molecular weight excluding hydrogens is 192 g/mol. The van der Waals surface area contributed by atoms with Crippen LogP contribution < -0.4 is 0 Å². The molecule has 0 aliphatic rings. The highest BCUT2D eigenvalue weighted by molar-refractivity contribution is 5.69. The van der Waals surface area contributed by atoms with Crippen molar-refractivity contribution in [2.24, 2.45) is 5.92 Å². The van der Waals surface area contributed by atoms with Crippen LogP contribution in [-0.2, 0) is 4.79 Å². The summed E-state index contributed by atoms with van der Waals surface area (Å²) in [5, 5.41) is 17.6. The molecule has 0 bridgehead atoms. The largest absolute Gasteiger partial charge is 0.481 e. The van der Waals surface area contributed by atoms with Gasteiger partial charge in [0.15, 0.2) is 0 Å². The van der Waals surface area contributed by atoms with Gasteiger partial charge < -0.3 is 10.2 Å². The normalized spacial score (nSPS) is 12.7. The first-order valence-electron chi connectivity index (χ1n) is 6.06. The minimum absolute atomic E-state index is 0.169. The van der Waals surface area contributed by atoms with E-state index in [0.29, 0.717) is 6.42 Å². The molecule has 0 amide bonds. The summed E-state index contributed by atoms with van der Waals surface area (Å²) in [7, 11) is 0. The quantitative estimate of drug-likeness (QED) is 0.552. The minimum atomic E-state index is -0.676. The molecule has 0 fully saturated rings. The van der Waals surface area contributed by atoms with Crippen molar-refractivity contribution >= 4 is 5.97 Å². The maximum atomic E-state index is 10.9. The molecule has 0 saturated carbocycles. The van der Waals surface area contributed by atoms with Crippen LogP contribution in [-0.4, -0.2) is 22.8 Å². The number of hydrogen-bond acceptors (Lipinski definition) is 2. The van der Waals surface area contributed by atoms with Crippen LogP contribution in [0.5, 0.6) is 0 Å². The van der Waals surface area contributed by atoms with Crippen molar-refractivity contribution < 1.29 is 15.0 Å². The van der Waals surface area contributed by atoms with E-state index in [-0.39, 0.29) is 12.5 Å². The second-order valence-corrected chi connectivity index (χ2v) is 4.10. The van der Waals surface area contributed by atoms with Crippen molar-refractivity contribution in [3.05, 3.63) is 0 Å². The van der Waals surface area contributed by atoms with E-state index in [0.717, 1.165) is 32.1 Å². The molecule has 0 aromatic rings. The van der Waals surface area contributed by atoms with E-state index in [1.54, 1.807) is 0 Å². The fraction of sp³-hybridized carbons (Fsp3) is 0.917. The van der Waals surface area contributed by atoms with Crippen LogP contribution in [0.15, 0.2) is 0 Å². The Morgan fingerprint density at radius 2 is 1.67 bits per heavy atom. The summed E-state index contributed by atoms with van der Waals surface area (Å²) >= 11 is 0.